The fourth-order valence-corrected chi connectivity index (χ4v) is 2.91. The third-order valence-electron chi connectivity index (χ3n) is 4.29. The molecule has 0 aliphatic carbocycles. The minimum atomic E-state index is -0.233. The summed E-state index contributed by atoms with van der Waals surface area (Å²) < 4.78 is 24.8. The summed E-state index contributed by atoms with van der Waals surface area (Å²) in [5, 5.41) is 3.76. The van der Waals surface area contributed by atoms with Gasteiger partial charge in [0.05, 0.1) is 19.7 Å². The average Bonchev–Trinajstić information content (AvgIpc) is 2.67. The lowest BCUT2D eigenvalue weighted by Gasteiger charge is -2.13. The van der Waals surface area contributed by atoms with E-state index in [9.17, 15) is 4.39 Å². The van der Waals surface area contributed by atoms with Crippen LogP contribution in [0.15, 0.2) is 30.3 Å². The van der Waals surface area contributed by atoms with Crippen molar-refractivity contribution >= 4 is 22.7 Å². The molecular formula is C20H24FN5O2. The maximum Gasteiger partial charge on any atom is 0.225 e. The molecule has 8 heteroatoms. The molecule has 0 saturated heterocycles. The molecule has 7 nitrogen and oxygen atoms in total. The fraction of sp³-hybridized carbons (Fsp3) is 0.300. The number of aromatic nitrogens is 2. The number of halogens is 1. The predicted octanol–water partition coefficient (Wildman–Crippen LogP) is 3.04. The van der Waals surface area contributed by atoms with Gasteiger partial charge < -0.3 is 25.4 Å². The van der Waals surface area contributed by atoms with Gasteiger partial charge in [-0.1, -0.05) is 12.1 Å². The van der Waals surface area contributed by atoms with Gasteiger partial charge in [-0.2, -0.15) is 4.98 Å². The molecule has 28 heavy (non-hydrogen) atoms. The molecule has 0 spiro atoms. The van der Waals surface area contributed by atoms with Crippen molar-refractivity contribution in [2.75, 3.05) is 39.4 Å². The number of nitrogens with two attached hydrogens (primary N) is 1. The Morgan fingerprint density at radius 1 is 1.07 bits per heavy atom. The first-order valence-electron chi connectivity index (χ1n) is 8.76. The number of rotatable bonds is 7. The number of hydrogen-bond acceptors (Lipinski definition) is 7. The van der Waals surface area contributed by atoms with Crippen LogP contribution in [-0.4, -0.2) is 43.2 Å². The number of nitrogen functional groups attached to an aromatic ring is 1. The lowest BCUT2D eigenvalue weighted by atomic mass is 10.1. The number of fused-ring (bicyclic) bond motifs is 1. The number of hydrogen-bond donors (Lipinski definition) is 2. The van der Waals surface area contributed by atoms with Crippen LogP contribution in [0.25, 0.3) is 10.9 Å². The maximum absolute atomic E-state index is 14.2. The van der Waals surface area contributed by atoms with Gasteiger partial charge in [0.2, 0.25) is 5.95 Å². The molecule has 148 valence electrons. The van der Waals surface area contributed by atoms with Crippen LogP contribution in [0.2, 0.25) is 0 Å². The second-order valence-corrected chi connectivity index (χ2v) is 6.67. The van der Waals surface area contributed by atoms with Crippen molar-refractivity contribution in [1.29, 1.82) is 0 Å². The minimum absolute atomic E-state index is 0.233. The topological polar surface area (TPSA) is 85.5 Å². The summed E-state index contributed by atoms with van der Waals surface area (Å²) in [4.78, 5) is 10.7. The molecule has 3 N–H and O–H groups in total. The summed E-state index contributed by atoms with van der Waals surface area (Å²) in [6, 6.07) is 8.68. The molecule has 0 bridgehead atoms. The van der Waals surface area contributed by atoms with E-state index in [1.54, 1.807) is 32.4 Å². The van der Waals surface area contributed by atoms with E-state index < -0.39 is 0 Å². The Hall–Kier alpha value is -3.13. The summed E-state index contributed by atoms with van der Waals surface area (Å²) >= 11 is 0. The number of nitrogens with zero attached hydrogens (tertiary/aromatic N) is 3. The van der Waals surface area contributed by atoms with E-state index in [1.807, 2.05) is 25.1 Å². The van der Waals surface area contributed by atoms with Crippen LogP contribution in [0.4, 0.5) is 16.2 Å². The largest absolute Gasteiger partial charge is 0.493 e. The zero-order valence-corrected chi connectivity index (χ0v) is 16.4. The van der Waals surface area contributed by atoms with Crippen LogP contribution in [0.5, 0.6) is 11.5 Å². The second-order valence-electron chi connectivity index (χ2n) is 6.67. The molecule has 2 aromatic carbocycles. The van der Waals surface area contributed by atoms with Crippen LogP contribution >= 0.6 is 0 Å². The monoisotopic (exact) mass is 385 g/mol. The molecule has 0 aliphatic heterocycles. The van der Waals surface area contributed by atoms with Crippen LogP contribution in [-0.2, 0) is 13.1 Å². The lowest BCUT2D eigenvalue weighted by Crippen LogP contribution is -2.12. The Balaban J connectivity index is 1.82. The van der Waals surface area contributed by atoms with E-state index >= 15 is 0 Å². The van der Waals surface area contributed by atoms with E-state index in [-0.39, 0.29) is 5.82 Å². The quantitative estimate of drug-likeness (QED) is 0.646. The molecule has 3 rings (SSSR count). The van der Waals surface area contributed by atoms with Gasteiger partial charge in [-0.25, -0.2) is 9.37 Å². The zero-order chi connectivity index (χ0) is 20.3. The number of anilines is 2. The van der Waals surface area contributed by atoms with E-state index in [1.165, 1.54) is 6.07 Å². The molecule has 1 aromatic heterocycles. The molecular weight excluding hydrogens is 361 g/mol. The normalized spacial score (nSPS) is 11.1. The van der Waals surface area contributed by atoms with Gasteiger partial charge >= 0.3 is 0 Å². The molecule has 0 saturated carbocycles. The summed E-state index contributed by atoms with van der Waals surface area (Å²) in [7, 11) is 6.92. The molecule has 0 radical (unpaired) electrons. The van der Waals surface area contributed by atoms with Crippen LogP contribution in [0.3, 0.4) is 0 Å². The summed E-state index contributed by atoms with van der Waals surface area (Å²) in [6.07, 6.45) is 0. The maximum atomic E-state index is 14.2. The first kappa shape index (κ1) is 19.6. The fourth-order valence-electron chi connectivity index (χ4n) is 2.91. The smallest absolute Gasteiger partial charge is 0.225 e. The van der Waals surface area contributed by atoms with Gasteiger partial charge in [-0.15, -0.1) is 0 Å². The van der Waals surface area contributed by atoms with Crippen LogP contribution < -0.4 is 20.5 Å². The van der Waals surface area contributed by atoms with E-state index in [0.29, 0.717) is 52.8 Å². The Labute approximate surface area is 163 Å². The highest BCUT2D eigenvalue weighted by Gasteiger charge is 2.12. The van der Waals surface area contributed by atoms with Crippen molar-refractivity contribution in [2.45, 2.75) is 13.1 Å². The first-order valence-corrected chi connectivity index (χ1v) is 8.76. The van der Waals surface area contributed by atoms with Gasteiger partial charge in [0, 0.05) is 30.1 Å². The van der Waals surface area contributed by atoms with Gasteiger partial charge in [0.25, 0.3) is 0 Å². The van der Waals surface area contributed by atoms with E-state index in [4.69, 9.17) is 15.2 Å². The molecule has 0 atom stereocenters. The summed E-state index contributed by atoms with van der Waals surface area (Å²) in [5.74, 6) is 1.55. The van der Waals surface area contributed by atoms with Gasteiger partial charge in [-0.05, 0) is 31.8 Å². The predicted molar refractivity (Wildman–Crippen MR) is 108 cm³/mol. The molecule has 1 heterocycles. The summed E-state index contributed by atoms with van der Waals surface area (Å²) in [5.41, 5.74) is 8.14. The molecule has 0 unspecified atom stereocenters. The van der Waals surface area contributed by atoms with E-state index in [2.05, 4.69) is 15.3 Å². The molecule has 0 fully saturated rings. The lowest BCUT2D eigenvalue weighted by molar-refractivity contribution is 0.356. The van der Waals surface area contributed by atoms with Crippen molar-refractivity contribution < 1.29 is 13.9 Å². The Bertz CT molecular complexity index is 994. The number of benzene rings is 2. The SMILES string of the molecule is COc1cc2nc(NCc3ccc(CN(C)C)c(F)c3)nc(N)c2cc1OC. The highest BCUT2D eigenvalue weighted by Crippen LogP contribution is 2.33. The minimum Gasteiger partial charge on any atom is -0.493 e. The van der Waals surface area contributed by atoms with Gasteiger partial charge in [0.15, 0.2) is 11.5 Å². The zero-order valence-electron chi connectivity index (χ0n) is 16.4. The second kappa shape index (κ2) is 8.26. The third kappa shape index (κ3) is 4.23. The third-order valence-corrected chi connectivity index (χ3v) is 4.29. The van der Waals surface area contributed by atoms with Crippen molar-refractivity contribution in [3.05, 3.63) is 47.3 Å². The van der Waals surface area contributed by atoms with Crippen molar-refractivity contribution in [1.82, 2.24) is 14.9 Å². The van der Waals surface area contributed by atoms with Crippen molar-refractivity contribution in [3.63, 3.8) is 0 Å². The number of methoxy groups -OCH3 is 2. The Morgan fingerprint density at radius 2 is 1.79 bits per heavy atom. The van der Waals surface area contributed by atoms with Crippen molar-refractivity contribution in [3.8, 4) is 11.5 Å². The van der Waals surface area contributed by atoms with Gasteiger partial charge in [-0.3, -0.25) is 0 Å². The number of nitrogens with one attached hydrogen (secondary N) is 1. The van der Waals surface area contributed by atoms with E-state index in [0.717, 1.165) is 5.56 Å². The van der Waals surface area contributed by atoms with Crippen LogP contribution in [0, 0.1) is 5.82 Å². The Kier molecular flexibility index (Phi) is 5.79. The first-order chi connectivity index (χ1) is 13.4. The average molecular weight is 385 g/mol. The van der Waals surface area contributed by atoms with Crippen molar-refractivity contribution in [2.24, 2.45) is 0 Å². The van der Waals surface area contributed by atoms with Crippen LogP contribution in [0.1, 0.15) is 11.1 Å². The molecule has 3 aromatic rings. The highest BCUT2D eigenvalue weighted by molar-refractivity contribution is 5.91. The Morgan fingerprint density at radius 3 is 2.43 bits per heavy atom. The molecule has 0 amide bonds. The molecule has 0 aliphatic rings. The summed E-state index contributed by atoms with van der Waals surface area (Å²) in [6.45, 7) is 0.923. The van der Waals surface area contributed by atoms with Gasteiger partial charge in [0.1, 0.15) is 11.6 Å². The standard InChI is InChI=1S/C20H24FN5O2/c1-26(2)11-13-6-5-12(7-15(13)21)10-23-20-24-16-9-18(28-4)17(27-3)8-14(16)19(22)25-20/h5-9H,10-11H2,1-4H3,(H3,22,23,24,25). The highest BCUT2D eigenvalue weighted by atomic mass is 19.1. The number of ether oxygens (including phenoxy) is 2.